The second-order valence-corrected chi connectivity index (χ2v) is 7.34. The first-order chi connectivity index (χ1) is 13.3. The normalized spacial score (nSPS) is 18.6. The van der Waals surface area contributed by atoms with E-state index in [2.05, 4.69) is 57.7 Å². The summed E-state index contributed by atoms with van der Waals surface area (Å²) in [5.74, 6) is 1.06. The maximum absolute atomic E-state index is 12.1. The number of benzene rings is 1. The van der Waals surface area contributed by atoms with Gasteiger partial charge in [0.25, 0.3) is 0 Å². The van der Waals surface area contributed by atoms with Crippen LogP contribution in [0.5, 0.6) is 0 Å². The molecule has 1 heterocycles. The molecule has 1 saturated heterocycles. The molecule has 2 N–H and O–H groups in total. The van der Waals surface area contributed by atoms with Gasteiger partial charge in [0.2, 0.25) is 5.91 Å². The molecule has 0 radical (unpaired) electrons. The van der Waals surface area contributed by atoms with Gasteiger partial charge < -0.3 is 20.4 Å². The van der Waals surface area contributed by atoms with E-state index in [-0.39, 0.29) is 5.91 Å². The van der Waals surface area contributed by atoms with E-state index in [1.165, 1.54) is 18.5 Å². The van der Waals surface area contributed by atoms with Crippen LogP contribution in [0.25, 0.3) is 0 Å². The van der Waals surface area contributed by atoms with Crippen LogP contribution in [0.15, 0.2) is 35.3 Å². The Hall–Kier alpha value is -2.24. The topological polar surface area (TPSA) is 60.0 Å². The third kappa shape index (κ3) is 5.88. The summed E-state index contributed by atoms with van der Waals surface area (Å²) in [6.07, 6.45) is 5.20. The van der Waals surface area contributed by atoms with Crippen molar-refractivity contribution in [1.82, 2.24) is 15.5 Å². The Labute approximate surface area is 163 Å². The zero-order chi connectivity index (χ0) is 18.9. The highest BCUT2D eigenvalue weighted by Crippen LogP contribution is 2.18. The highest BCUT2D eigenvalue weighted by molar-refractivity contribution is 5.81. The van der Waals surface area contributed by atoms with Crippen molar-refractivity contribution < 1.29 is 4.79 Å². The Morgan fingerprint density at radius 1 is 1.11 bits per heavy atom. The Balaban J connectivity index is 1.46. The van der Waals surface area contributed by atoms with E-state index in [1.807, 2.05) is 0 Å². The number of piperazine rings is 1. The van der Waals surface area contributed by atoms with E-state index in [1.54, 1.807) is 0 Å². The Morgan fingerprint density at radius 3 is 2.48 bits per heavy atom. The quantitative estimate of drug-likeness (QED) is 0.595. The maximum Gasteiger partial charge on any atom is 0.222 e. The summed E-state index contributed by atoms with van der Waals surface area (Å²) in [7, 11) is 0. The van der Waals surface area contributed by atoms with Crippen molar-refractivity contribution in [3.63, 3.8) is 0 Å². The average molecular weight is 372 g/mol. The van der Waals surface area contributed by atoms with Gasteiger partial charge in [0.05, 0.1) is 6.54 Å². The molecule has 1 aliphatic carbocycles. The van der Waals surface area contributed by atoms with Crippen molar-refractivity contribution in [1.29, 1.82) is 0 Å². The lowest BCUT2D eigenvalue weighted by molar-refractivity contribution is -0.121. The smallest absolute Gasteiger partial charge is 0.222 e. The summed E-state index contributed by atoms with van der Waals surface area (Å²) in [6.45, 7) is 7.31. The van der Waals surface area contributed by atoms with Crippen LogP contribution in [-0.2, 0) is 4.79 Å². The highest BCUT2D eigenvalue weighted by atomic mass is 16.1. The average Bonchev–Trinajstić information content (AvgIpc) is 3.21. The number of rotatable bonds is 6. The van der Waals surface area contributed by atoms with E-state index >= 15 is 0 Å². The summed E-state index contributed by atoms with van der Waals surface area (Å²) < 4.78 is 0. The summed E-state index contributed by atoms with van der Waals surface area (Å²) >= 11 is 0. The minimum Gasteiger partial charge on any atom is -0.368 e. The summed E-state index contributed by atoms with van der Waals surface area (Å²) in [5.41, 5.74) is 1.28. The van der Waals surface area contributed by atoms with Crippen LogP contribution in [-0.4, -0.2) is 62.1 Å². The molecule has 6 nitrogen and oxygen atoms in total. The summed E-state index contributed by atoms with van der Waals surface area (Å²) in [4.78, 5) is 21.5. The molecule has 1 saturated carbocycles. The van der Waals surface area contributed by atoms with Crippen LogP contribution in [0.3, 0.4) is 0 Å². The molecule has 1 aliphatic heterocycles. The first-order valence-electron chi connectivity index (χ1n) is 10.4. The monoisotopic (exact) mass is 371 g/mol. The molecule has 0 aromatic heterocycles. The van der Waals surface area contributed by atoms with Crippen molar-refractivity contribution in [2.75, 3.05) is 44.2 Å². The molecule has 148 valence electrons. The third-order valence-electron chi connectivity index (χ3n) is 5.36. The minimum absolute atomic E-state index is 0.135. The van der Waals surface area contributed by atoms with Crippen LogP contribution in [0.4, 0.5) is 5.69 Å². The molecule has 1 amide bonds. The largest absolute Gasteiger partial charge is 0.368 e. The lowest BCUT2D eigenvalue weighted by Gasteiger charge is -2.37. The number of aliphatic imine (C=N–C) groups is 1. The Bertz CT molecular complexity index is 604. The van der Waals surface area contributed by atoms with Gasteiger partial charge in [-0.2, -0.15) is 0 Å². The second kappa shape index (κ2) is 10.2. The second-order valence-electron chi connectivity index (χ2n) is 7.34. The molecule has 0 unspecified atom stereocenters. The molecule has 0 spiro atoms. The standard InChI is InChI=1S/C21H33N5O/c1-2-22-21(23-13-12-20(27)24-18-8-6-7-9-18)26-16-14-25(15-17-26)19-10-4-3-5-11-19/h3-5,10-11,18H,2,6-9,12-17H2,1H3,(H,22,23)(H,24,27). The zero-order valence-corrected chi connectivity index (χ0v) is 16.5. The molecule has 6 heteroatoms. The fourth-order valence-corrected chi connectivity index (χ4v) is 3.87. The molecule has 0 bridgehead atoms. The first-order valence-corrected chi connectivity index (χ1v) is 10.4. The van der Waals surface area contributed by atoms with E-state index in [0.717, 1.165) is 51.5 Å². The highest BCUT2D eigenvalue weighted by Gasteiger charge is 2.20. The predicted molar refractivity (Wildman–Crippen MR) is 111 cm³/mol. The molecular weight excluding hydrogens is 338 g/mol. The number of anilines is 1. The van der Waals surface area contributed by atoms with Gasteiger partial charge in [0, 0.05) is 50.9 Å². The SMILES string of the molecule is CCNC(=NCCC(=O)NC1CCCC1)N1CCN(c2ccccc2)CC1. The van der Waals surface area contributed by atoms with Gasteiger partial charge in [0.15, 0.2) is 5.96 Å². The number of amides is 1. The molecular formula is C21H33N5O. The van der Waals surface area contributed by atoms with Crippen molar-refractivity contribution in [2.45, 2.75) is 45.1 Å². The Kier molecular flexibility index (Phi) is 7.36. The third-order valence-corrected chi connectivity index (χ3v) is 5.36. The van der Waals surface area contributed by atoms with Gasteiger partial charge in [-0.15, -0.1) is 0 Å². The minimum atomic E-state index is 0.135. The van der Waals surface area contributed by atoms with E-state index in [4.69, 9.17) is 4.99 Å². The van der Waals surface area contributed by atoms with Gasteiger partial charge in [-0.05, 0) is 31.9 Å². The lowest BCUT2D eigenvalue weighted by atomic mass is 10.2. The van der Waals surface area contributed by atoms with Gasteiger partial charge in [0.1, 0.15) is 0 Å². The number of hydrogen-bond donors (Lipinski definition) is 2. The molecule has 0 atom stereocenters. The number of nitrogens with one attached hydrogen (secondary N) is 2. The molecule has 1 aromatic carbocycles. The van der Waals surface area contributed by atoms with Crippen molar-refractivity contribution in [3.8, 4) is 0 Å². The number of guanidine groups is 1. The zero-order valence-electron chi connectivity index (χ0n) is 16.5. The van der Waals surface area contributed by atoms with Gasteiger partial charge in [-0.3, -0.25) is 9.79 Å². The fourth-order valence-electron chi connectivity index (χ4n) is 3.87. The number of carbonyl (C=O) groups is 1. The summed E-state index contributed by atoms with van der Waals surface area (Å²) in [5, 5.41) is 6.52. The van der Waals surface area contributed by atoms with E-state index in [0.29, 0.717) is 19.0 Å². The predicted octanol–water partition coefficient (Wildman–Crippen LogP) is 2.22. The van der Waals surface area contributed by atoms with Crippen molar-refractivity contribution in [3.05, 3.63) is 30.3 Å². The van der Waals surface area contributed by atoms with Crippen LogP contribution < -0.4 is 15.5 Å². The number of para-hydroxylation sites is 1. The number of hydrogen-bond acceptors (Lipinski definition) is 3. The Morgan fingerprint density at radius 2 is 1.81 bits per heavy atom. The molecule has 3 rings (SSSR count). The van der Waals surface area contributed by atoms with Gasteiger partial charge in [-0.25, -0.2) is 0 Å². The van der Waals surface area contributed by atoms with E-state index in [9.17, 15) is 4.79 Å². The maximum atomic E-state index is 12.1. The molecule has 2 aliphatic rings. The van der Waals surface area contributed by atoms with Crippen molar-refractivity contribution in [2.24, 2.45) is 4.99 Å². The molecule has 1 aromatic rings. The fraction of sp³-hybridized carbons (Fsp3) is 0.619. The number of nitrogens with zero attached hydrogens (tertiary/aromatic N) is 3. The van der Waals surface area contributed by atoms with Crippen LogP contribution in [0.1, 0.15) is 39.0 Å². The van der Waals surface area contributed by atoms with Crippen molar-refractivity contribution >= 4 is 17.6 Å². The van der Waals surface area contributed by atoms with Gasteiger partial charge >= 0.3 is 0 Å². The number of carbonyl (C=O) groups excluding carboxylic acids is 1. The van der Waals surface area contributed by atoms with Crippen LogP contribution >= 0.6 is 0 Å². The lowest BCUT2D eigenvalue weighted by Crippen LogP contribution is -2.52. The van der Waals surface area contributed by atoms with Crippen LogP contribution in [0.2, 0.25) is 0 Å². The van der Waals surface area contributed by atoms with Crippen LogP contribution in [0, 0.1) is 0 Å². The van der Waals surface area contributed by atoms with Gasteiger partial charge in [-0.1, -0.05) is 31.0 Å². The summed E-state index contributed by atoms with van der Waals surface area (Å²) in [6, 6.07) is 10.9. The molecule has 2 fully saturated rings. The first kappa shape index (κ1) is 19.5. The molecule has 27 heavy (non-hydrogen) atoms. The van der Waals surface area contributed by atoms with E-state index < -0.39 is 0 Å².